The zero-order chi connectivity index (χ0) is 21.6. The van der Waals surface area contributed by atoms with Crippen molar-refractivity contribution in [3.8, 4) is 5.75 Å². The number of Topliss-reactive ketones (excluding diaryl/α,β-unsaturated/α-hetero) is 1. The molecule has 1 aliphatic carbocycles. The highest BCUT2D eigenvalue weighted by atomic mass is 35.5. The maximum Gasteiger partial charge on any atom is 0.345 e. The van der Waals surface area contributed by atoms with E-state index >= 15 is 0 Å². The number of benzene rings is 2. The van der Waals surface area contributed by atoms with E-state index in [2.05, 4.69) is 4.98 Å². The minimum Gasteiger partial charge on any atom is -0.423 e. The summed E-state index contributed by atoms with van der Waals surface area (Å²) in [5.74, 6) is 0.0567. The fraction of sp³-hybridized carbons (Fsp3) is 0.115. The lowest BCUT2D eigenvalue weighted by Crippen LogP contribution is -2.12. The summed E-state index contributed by atoms with van der Waals surface area (Å²) < 4.78 is 5.37. The van der Waals surface area contributed by atoms with Crippen LogP contribution in [0.4, 0.5) is 0 Å². The second-order valence-corrected chi connectivity index (χ2v) is 7.71. The largest absolute Gasteiger partial charge is 0.423 e. The Morgan fingerprint density at radius 2 is 1.52 bits per heavy atom. The van der Waals surface area contributed by atoms with Crippen LogP contribution in [0.3, 0.4) is 0 Å². The van der Waals surface area contributed by atoms with E-state index in [1.807, 2.05) is 48.6 Å². The molecule has 0 saturated heterocycles. The van der Waals surface area contributed by atoms with E-state index in [1.165, 1.54) is 6.20 Å². The minimum atomic E-state index is -0.460. The van der Waals surface area contributed by atoms with Gasteiger partial charge in [-0.1, -0.05) is 35.9 Å². The third kappa shape index (κ3) is 5.36. The van der Waals surface area contributed by atoms with Crippen molar-refractivity contribution >= 4 is 35.5 Å². The standard InChI is InChI=1S/C26H20ClNO3/c27-23-10-6-18(7-11-23)15-20-3-1-4-21(25(20)29)16-19-8-12-24(13-9-19)31-26(30)22-5-2-14-28-17-22/h2,5-17H,1,3-4H2/b20-15+,21-16+. The zero-order valence-corrected chi connectivity index (χ0v) is 17.5. The van der Waals surface area contributed by atoms with Crippen molar-refractivity contribution in [1.82, 2.24) is 4.98 Å². The van der Waals surface area contributed by atoms with Crippen LogP contribution in [-0.4, -0.2) is 16.7 Å². The normalized spacial score (nSPS) is 16.5. The zero-order valence-electron chi connectivity index (χ0n) is 16.8. The monoisotopic (exact) mass is 429 g/mol. The molecule has 0 radical (unpaired) electrons. The summed E-state index contributed by atoms with van der Waals surface area (Å²) in [4.78, 5) is 29.0. The Morgan fingerprint density at radius 3 is 2.10 bits per heavy atom. The van der Waals surface area contributed by atoms with Gasteiger partial charge < -0.3 is 4.74 Å². The van der Waals surface area contributed by atoms with Crippen LogP contribution in [0.2, 0.25) is 5.02 Å². The number of nitrogens with zero attached hydrogens (tertiary/aromatic N) is 1. The number of aromatic nitrogens is 1. The molecule has 0 N–H and O–H groups in total. The number of pyridine rings is 1. The molecule has 0 aliphatic heterocycles. The summed E-state index contributed by atoms with van der Waals surface area (Å²) in [7, 11) is 0. The van der Waals surface area contributed by atoms with Crippen molar-refractivity contribution in [3.05, 3.63) is 106 Å². The smallest absolute Gasteiger partial charge is 0.345 e. The molecule has 0 amide bonds. The van der Waals surface area contributed by atoms with E-state index in [1.54, 1.807) is 30.5 Å². The Kier molecular flexibility index (Phi) is 6.39. The van der Waals surface area contributed by atoms with Crippen LogP contribution in [0.5, 0.6) is 5.75 Å². The molecule has 4 nitrogen and oxygen atoms in total. The van der Waals surface area contributed by atoms with Gasteiger partial charge in [-0.05, 0) is 78.9 Å². The first-order valence-corrected chi connectivity index (χ1v) is 10.4. The molecule has 0 atom stereocenters. The summed E-state index contributed by atoms with van der Waals surface area (Å²) in [6.07, 6.45) is 9.34. The molecule has 1 saturated carbocycles. The number of halogens is 1. The van der Waals surface area contributed by atoms with E-state index in [9.17, 15) is 9.59 Å². The fourth-order valence-electron chi connectivity index (χ4n) is 3.42. The predicted octanol–water partition coefficient (Wildman–Crippen LogP) is 6.17. The van der Waals surface area contributed by atoms with Crippen molar-refractivity contribution in [2.24, 2.45) is 0 Å². The van der Waals surface area contributed by atoms with Gasteiger partial charge in [-0.2, -0.15) is 0 Å². The first-order valence-electron chi connectivity index (χ1n) is 10.0. The number of ketones is 1. The maximum atomic E-state index is 12.9. The molecule has 31 heavy (non-hydrogen) atoms. The Morgan fingerprint density at radius 1 is 0.903 bits per heavy atom. The van der Waals surface area contributed by atoms with Crippen LogP contribution < -0.4 is 4.74 Å². The van der Waals surface area contributed by atoms with Crippen LogP contribution in [0.1, 0.15) is 40.7 Å². The molecule has 0 bridgehead atoms. The number of hydrogen-bond donors (Lipinski definition) is 0. The molecule has 1 aromatic heterocycles. The fourth-order valence-corrected chi connectivity index (χ4v) is 3.55. The van der Waals surface area contributed by atoms with Crippen molar-refractivity contribution in [1.29, 1.82) is 0 Å². The molecule has 1 heterocycles. The maximum absolute atomic E-state index is 12.9. The number of esters is 1. The number of hydrogen-bond acceptors (Lipinski definition) is 4. The number of rotatable bonds is 4. The number of allylic oxidation sites excluding steroid dienone is 2. The van der Waals surface area contributed by atoms with Crippen LogP contribution in [-0.2, 0) is 4.79 Å². The van der Waals surface area contributed by atoms with Gasteiger partial charge in [0.1, 0.15) is 5.75 Å². The van der Waals surface area contributed by atoms with Crippen molar-refractivity contribution in [2.75, 3.05) is 0 Å². The Labute approximate surface area is 185 Å². The van der Waals surface area contributed by atoms with Crippen LogP contribution >= 0.6 is 11.6 Å². The molecule has 154 valence electrons. The van der Waals surface area contributed by atoms with Gasteiger partial charge in [-0.15, -0.1) is 0 Å². The van der Waals surface area contributed by atoms with Gasteiger partial charge in [-0.3, -0.25) is 9.78 Å². The van der Waals surface area contributed by atoms with E-state index in [-0.39, 0.29) is 5.78 Å². The third-order valence-electron chi connectivity index (χ3n) is 5.02. The highest BCUT2D eigenvalue weighted by molar-refractivity contribution is 6.30. The molecule has 2 aromatic carbocycles. The van der Waals surface area contributed by atoms with Crippen LogP contribution in [0, 0.1) is 0 Å². The summed E-state index contributed by atoms with van der Waals surface area (Å²) in [6, 6.07) is 17.9. The molecule has 5 heteroatoms. The van der Waals surface area contributed by atoms with Gasteiger partial charge in [0.05, 0.1) is 5.56 Å². The lowest BCUT2D eigenvalue weighted by molar-refractivity contribution is -0.112. The molecule has 4 rings (SSSR count). The number of ether oxygens (including phenoxy) is 1. The van der Waals surface area contributed by atoms with Gasteiger partial charge >= 0.3 is 5.97 Å². The van der Waals surface area contributed by atoms with Gasteiger partial charge in [-0.25, -0.2) is 4.79 Å². The quantitative estimate of drug-likeness (QED) is 0.282. The minimum absolute atomic E-state index is 0.0771. The van der Waals surface area contributed by atoms with E-state index in [4.69, 9.17) is 16.3 Å². The van der Waals surface area contributed by atoms with E-state index in [0.29, 0.717) is 16.3 Å². The van der Waals surface area contributed by atoms with Crippen LogP contribution in [0.25, 0.3) is 12.2 Å². The highest BCUT2D eigenvalue weighted by Crippen LogP contribution is 2.28. The number of carbonyl (C=O) groups excluding carboxylic acids is 2. The van der Waals surface area contributed by atoms with Gasteiger partial charge in [0.2, 0.25) is 0 Å². The van der Waals surface area contributed by atoms with E-state index in [0.717, 1.165) is 41.5 Å². The molecular formula is C26H20ClNO3. The SMILES string of the molecule is O=C1/C(=C/c2ccc(Cl)cc2)CCC/C1=C\c1ccc(OC(=O)c2cccnc2)cc1. The molecular weight excluding hydrogens is 410 g/mol. The first kappa shape index (κ1) is 20.8. The average Bonchev–Trinajstić information content (AvgIpc) is 2.80. The first-order chi connectivity index (χ1) is 15.1. The summed E-state index contributed by atoms with van der Waals surface area (Å²) in [5, 5.41) is 0.673. The predicted molar refractivity (Wildman–Crippen MR) is 122 cm³/mol. The van der Waals surface area contributed by atoms with Gasteiger partial charge in [0, 0.05) is 28.6 Å². The Hall–Kier alpha value is -3.50. The highest BCUT2D eigenvalue weighted by Gasteiger charge is 2.20. The molecule has 0 unspecified atom stereocenters. The van der Waals surface area contributed by atoms with Gasteiger partial charge in [0.15, 0.2) is 5.78 Å². The second-order valence-electron chi connectivity index (χ2n) is 7.27. The Bertz CT molecular complexity index is 1150. The van der Waals surface area contributed by atoms with Crippen molar-refractivity contribution in [2.45, 2.75) is 19.3 Å². The van der Waals surface area contributed by atoms with Crippen molar-refractivity contribution in [3.63, 3.8) is 0 Å². The van der Waals surface area contributed by atoms with Gasteiger partial charge in [0.25, 0.3) is 0 Å². The summed E-state index contributed by atoms with van der Waals surface area (Å²) in [6.45, 7) is 0. The molecule has 3 aromatic rings. The van der Waals surface area contributed by atoms with Crippen molar-refractivity contribution < 1.29 is 14.3 Å². The second kappa shape index (κ2) is 9.54. The summed E-state index contributed by atoms with van der Waals surface area (Å²) >= 11 is 5.94. The average molecular weight is 430 g/mol. The van der Waals surface area contributed by atoms with E-state index < -0.39 is 5.97 Å². The lowest BCUT2D eigenvalue weighted by Gasteiger charge is -2.16. The molecule has 1 aliphatic rings. The lowest BCUT2D eigenvalue weighted by atomic mass is 9.87. The van der Waals surface area contributed by atoms with Crippen LogP contribution in [0.15, 0.2) is 84.2 Å². The molecule has 0 spiro atoms. The number of carbonyl (C=O) groups is 2. The Balaban J connectivity index is 1.47. The third-order valence-corrected chi connectivity index (χ3v) is 5.27. The molecule has 1 fully saturated rings. The topological polar surface area (TPSA) is 56.3 Å². The summed E-state index contributed by atoms with van der Waals surface area (Å²) in [5.41, 5.74) is 3.83.